The summed E-state index contributed by atoms with van der Waals surface area (Å²) < 4.78 is 26.4. The van der Waals surface area contributed by atoms with Crippen LogP contribution in [-0.4, -0.2) is 30.5 Å². The molecule has 0 unspecified atom stereocenters. The lowest BCUT2D eigenvalue weighted by Crippen LogP contribution is -2.32. The normalized spacial score (nSPS) is 11.5. The molecule has 0 radical (unpaired) electrons. The van der Waals surface area contributed by atoms with Crippen LogP contribution in [-0.2, 0) is 16.6 Å². The van der Waals surface area contributed by atoms with Crippen molar-refractivity contribution in [1.82, 2.24) is 14.5 Å². The standard InChI is InChI=1S/C14H16ClN3O3S/c1-2-22(20,21)16-9-10-18-14(19)8-7-13(17-18)11-3-5-12(15)6-4-11/h3-8,16H,2,9-10H2,1H3. The molecule has 0 spiro atoms. The maximum absolute atomic E-state index is 11.8. The van der Waals surface area contributed by atoms with Crippen LogP contribution in [0.15, 0.2) is 41.2 Å². The van der Waals surface area contributed by atoms with Gasteiger partial charge in [-0.05, 0) is 25.1 Å². The third kappa shape index (κ3) is 4.40. The zero-order chi connectivity index (χ0) is 16.2. The molecule has 1 aromatic carbocycles. The monoisotopic (exact) mass is 341 g/mol. The quantitative estimate of drug-likeness (QED) is 0.863. The van der Waals surface area contributed by atoms with E-state index >= 15 is 0 Å². The molecule has 0 saturated carbocycles. The van der Waals surface area contributed by atoms with Crippen LogP contribution in [0.5, 0.6) is 0 Å². The maximum atomic E-state index is 11.8. The number of benzene rings is 1. The molecule has 8 heteroatoms. The van der Waals surface area contributed by atoms with Crippen molar-refractivity contribution in [2.75, 3.05) is 12.3 Å². The van der Waals surface area contributed by atoms with Gasteiger partial charge in [0.25, 0.3) is 5.56 Å². The Morgan fingerprint density at radius 2 is 1.86 bits per heavy atom. The van der Waals surface area contributed by atoms with Crippen molar-refractivity contribution in [3.63, 3.8) is 0 Å². The van der Waals surface area contributed by atoms with E-state index in [-0.39, 0.29) is 24.4 Å². The van der Waals surface area contributed by atoms with Crippen LogP contribution in [0.3, 0.4) is 0 Å². The van der Waals surface area contributed by atoms with Gasteiger partial charge in [0.2, 0.25) is 10.0 Å². The third-order valence-corrected chi connectivity index (χ3v) is 4.69. The van der Waals surface area contributed by atoms with Crippen LogP contribution < -0.4 is 10.3 Å². The lowest BCUT2D eigenvalue weighted by Gasteiger charge is -2.08. The van der Waals surface area contributed by atoms with Gasteiger partial charge < -0.3 is 0 Å². The minimum absolute atomic E-state index is 0.000141. The SMILES string of the molecule is CCS(=O)(=O)NCCn1nc(-c2ccc(Cl)cc2)ccc1=O. The minimum Gasteiger partial charge on any atom is -0.268 e. The average Bonchev–Trinajstić information content (AvgIpc) is 2.50. The van der Waals surface area contributed by atoms with Crippen molar-refractivity contribution in [3.05, 3.63) is 51.8 Å². The fourth-order valence-electron chi connectivity index (χ4n) is 1.79. The Morgan fingerprint density at radius 1 is 1.18 bits per heavy atom. The molecule has 1 N–H and O–H groups in total. The molecule has 0 atom stereocenters. The number of rotatable bonds is 6. The highest BCUT2D eigenvalue weighted by Crippen LogP contribution is 2.18. The molecule has 1 heterocycles. The summed E-state index contributed by atoms with van der Waals surface area (Å²) in [6.07, 6.45) is 0. The summed E-state index contributed by atoms with van der Waals surface area (Å²) in [5.41, 5.74) is 1.16. The summed E-state index contributed by atoms with van der Waals surface area (Å²) in [5.74, 6) is 0.000141. The summed E-state index contributed by atoms with van der Waals surface area (Å²) in [6, 6.07) is 10.1. The zero-order valence-corrected chi connectivity index (χ0v) is 13.6. The van der Waals surface area contributed by atoms with Crippen LogP contribution in [0.1, 0.15) is 6.92 Å². The fraction of sp³-hybridized carbons (Fsp3) is 0.286. The van der Waals surface area contributed by atoms with Gasteiger partial charge in [-0.3, -0.25) is 4.79 Å². The van der Waals surface area contributed by atoms with E-state index in [1.807, 2.05) is 0 Å². The molecule has 2 aromatic rings. The van der Waals surface area contributed by atoms with Crippen molar-refractivity contribution in [2.45, 2.75) is 13.5 Å². The van der Waals surface area contributed by atoms with Crippen LogP contribution >= 0.6 is 11.6 Å². The van der Waals surface area contributed by atoms with Crippen LogP contribution in [0.2, 0.25) is 5.02 Å². The lowest BCUT2D eigenvalue weighted by atomic mass is 10.1. The van der Waals surface area contributed by atoms with Crippen LogP contribution in [0.25, 0.3) is 11.3 Å². The summed E-state index contributed by atoms with van der Waals surface area (Å²) >= 11 is 5.84. The van der Waals surface area contributed by atoms with E-state index in [9.17, 15) is 13.2 Å². The van der Waals surface area contributed by atoms with E-state index in [4.69, 9.17) is 11.6 Å². The molecule has 1 aromatic heterocycles. The molecule has 0 aliphatic heterocycles. The number of hydrogen-bond acceptors (Lipinski definition) is 4. The molecule has 22 heavy (non-hydrogen) atoms. The molecule has 0 aliphatic rings. The number of sulfonamides is 1. The van der Waals surface area contributed by atoms with Gasteiger partial charge in [-0.1, -0.05) is 23.7 Å². The van der Waals surface area contributed by atoms with E-state index in [1.165, 1.54) is 10.7 Å². The molecule has 0 fully saturated rings. The van der Waals surface area contributed by atoms with Gasteiger partial charge >= 0.3 is 0 Å². The van der Waals surface area contributed by atoms with Crippen molar-refractivity contribution in [3.8, 4) is 11.3 Å². The first-order valence-corrected chi connectivity index (χ1v) is 8.76. The third-order valence-electron chi connectivity index (χ3n) is 3.03. The summed E-state index contributed by atoms with van der Waals surface area (Å²) in [4.78, 5) is 11.8. The van der Waals surface area contributed by atoms with Gasteiger partial charge in [0.15, 0.2) is 0 Å². The Labute approximate surface area is 133 Å². The lowest BCUT2D eigenvalue weighted by molar-refractivity contribution is 0.549. The van der Waals surface area contributed by atoms with Gasteiger partial charge in [0.05, 0.1) is 18.0 Å². The van der Waals surface area contributed by atoms with Crippen molar-refractivity contribution >= 4 is 21.6 Å². The first-order valence-electron chi connectivity index (χ1n) is 6.73. The van der Waals surface area contributed by atoms with Gasteiger partial charge in [0, 0.05) is 23.2 Å². The Balaban J connectivity index is 2.17. The molecule has 0 saturated heterocycles. The second kappa shape index (κ2) is 7.04. The smallest absolute Gasteiger partial charge is 0.266 e. The topological polar surface area (TPSA) is 81.1 Å². The predicted molar refractivity (Wildman–Crippen MR) is 86.4 cm³/mol. The molecule has 2 rings (SSSR count). The van der Waals surface area contributed by atoms with Crippen LogP contribution in [0.4, 0.5) is 0 Å². The highest BCUT2D eigenvalue weighted by Gasteiger charge is 2.07. The molecule has 6 nitrogen and oxygen atoms in total. The Kier molecular flexibility index (Phi) is 5.33. The number of halogens is 1. The number of aromatic nitrogens is 2. The van der Waals surface area contributed by atoms with Gasteiger partial charge in [-0.2, -0.15) is 5.10 Å². The Morgan fingerprint density at radius 3 is 2.50 bits per heavy atom. The molecular weight excluding hydrogens is 326 g/mol. The van der Waals surface area contributed by atoms with E-state index in [0.29, 0.717) is 10.7 Å². The van der Waals surface area contributed by atoms with Crippen molar-refractivity contribution < 1.29 is 8.42 Å². The van der Waals surface area contributed by atoms with E-state index in [1.54, 1.807) is 37.3 Å². The highest BCUT2D eigenvalue weighted by atomic mass is 35.5. The summed E-state index contributed by atoms with van der Waals surface area (Å²) in [6.45, 7) is 1.83. The summed E-state index contributed by atoms with van der Waals surface area (Å²) in [7, 11) is -3.28. The first kappa shape index (κ1) is 16.7. The average molecular weight is 342 g/mol. The second-order valence-electron chi connectivity index (χ2n) is 4.58. The molecule has 0 amide bonds. The van der Waals surface area contributed by atoms with E-state index in [0.717, 1.165) is 5.56 Å². The van der Waals surface area contributed by atoms with Gasteiger partial charge in [0.1, 0.15) is 0 Å². The van der Waals surface area contributed by atoms with Crippen molar-refractivity contribution in [2.24, 2.45) is 0 Å². The first-order chi connectivity index (χ1) is 10.4. The Hall–Kier alpha value is -1.70. The number of hydrogen-bond donors (Lipinski definition) is 1. The number of nitrogens with one attached hydrogen (secondary N) is 1. The molecule has 0 aliphatic carbocycles. The summed E-state index contributed by atoms with van der Waals surface area (Å²) in [5, 5.41) is 4.86. The molecular formula is C14H16ClN3O3S. The largest absolute Gasteiger partial charge is 0.268 e. The minimum atomic E-state index is -3.28. The Bertz CT molecular complexity index is 801. The number of nitrogens with zero attached hydrogens (tertiary/aromatic N) is 2. The van der Waals surface area contributed by atoms with E-state index < -0.39 is 10.0 Å². The van der Waals surface area contributed by atoms with Gasteiger partial charge in [-0.25, -0.2) is 17.8 Å². The molecule has 0 bridgehead atoms. The zero-order valence-electron chi connectivity index (χ0n) is 12.0. The van der Waals surface area contributed by atoms with Crippen molar-refractivity contribution in [1.29, 1.82) is 0 Å². The molecule has 118 valence electrons. The predicted octanol–water partition coefficient (Wildman–Crippen LogP) is 1.50. The maximum Gasteiger partial charge on any atom is 0.266 e. The van der Waals surface area contributed by atoms with Crippen LogP contribution in [0, 0.1) is 0 Å². The second-order valence-corrected chi connectivity index (χ2v) is 7.12. The fourth-order valence-corrected chi connectivity index (χ4v) is 2.53. The highest BCUT2D eigenvalue weighted by molar-refractivity contribution is 7.89. The van der Waals surface area contributed by atoms with E-state index in [2.05, 4.69) is 9.82 Å². The van der Waals surface area contributed by atoms with Gasteiger partial charge in [-0.15, -0.1) is 0 Å².